The minimum atomic E-state index is -0.227. The summed E-state index contributed by atoms with van der Waals surface area (Å²) in [5.41, 5.74) is 5.94. The maximum Gasteiger partial charge on any atom is 0.224 e. The van der Waals surface area contributed by atoms with E-state index in [1.165, 1.54) is 0 Å². The van der Waals surface area contributed by atoms with Gasteiger partial charge in [0.05, 0.1) is 12.7 Å². The molecule has 0 spiro atoms. The van der Waals surface area contributed by atoms with E-state index in [1.807, 2.05) is 4.90 Å². The van der Waals surface area contributed by atoms with E-state index >= 15 is 0 Å². The van der Waals surface area contributed by atoms with E-state index in [0.717, 1.165) is 38.7 Å². The molecular weight excluding hydrogens is 244 g/mol. The van der Waals surface area contributed by atoms with Gasteiger partial charge in [-0.05, 0) is 32.1 Å². The van der Waals surface area contributed by atoms with Crippen LogP contribution in [-0.2, 0) is 14.3 Å². The molecule has 5 nitrogen and oxygen atoms in total. The predicted molar refractivity (Wildman–Crippen MR) is 70.7 cm³/mol. The van der Waals surface area contributed by atoms with Crippen molar-refractivity contribution >= 4 is 5.91 Å². The highest BCUT2D eigenvalue weighted by Crippen LogP contribution is 2.33. The van der Waals surface area contributed by atoms with Crippen molar-refractivity contribution in [2.24, 2.45) is 5.73 Å². The van der Waals surface area contributed by atoms with E-state index in [-0.39, 0.29) is 23.7 Å². The van der Waals surface area contributed by atoms with Gasteiger partial charge in [-0.1, -0.05) is 0 Å². The van der Waals surface area contributed by atoms with Crippen molar-refractivity contribution in [3.8, 4) is 0 Å². The number of hydrogen-bond donors (Lipinski definition) is 1. The highest BCUT2D eigenvalue weighted by molar-refractivity contribution is 5.77. The third-order valence-electron chi connectivity index (χ3n) is 4.68. The Hall–Kier alpha value is -0.650. The number of nitrogens with two attached hydrogens (primary N) is 1. The fourth-order valence-corrected chi connectivity index (χ4v) is 3.24. The van der Waals surface area contributed by atoms with Crippen LogP contribution in [0.3, 0.4) is 0 Å². The third kappa shape index (κ3) is 2.93. The lowest BCUT2D eigenvalue weighted by Gasteiger charge is -2.41. The first-order valence-electron chi connectivity index (χ1n) is 7.46. The van der Waals surface area contributed by atoms with Crippen LogP contribution in [0.1, 0.15) is 38.5 Å². The van der Waals surface area contributed by atoms with Crippen molar-refractivity contribution in [2.75, 3.05) is 26.3 Å². The van der Waals surface area contributed by atoms with Crippen LogP contribution < -0.4 is 5.73 Å². The second-order valence-corrected chi connectivity index (χ2v) is 6.19. The van der Waals surface area contributed by atoms with Gasteiger partial charge in [0.15, 0.2) is 0 Å². The van der Waals surface area contributed by atoms with Crippen molar-refractivity contribution < 1.29 is 14.3 Å². The number of nitrogens with zero attached hydrogens (tertiary/aromatic N) is 1. The van der Waals surface area contributed by atoms with Crippen LogP contribution in [0.2, 0.25) is 0 Å². The molecule has 108 valence electrons. The van der Waals surface area contributed by atoms with E-state index < -0.39 is 0 Å². The van der Waals surface area contributed by atoms with Gasteiger partial charge in [0.25, 0.3) is 0 Å². The Balaban J connectivity index is 1.53. The van der Waals surface area contributed by atoms with Crippen LogP contribution in [-0.4, -0.2) is 54.9 Å². The molecule has 5 heteroatoms. The van der Waals surface area contributed by atoms with Crippen molar-refractivity contribution in [3.63, 3.8) is 0 Å². The number of carbonyl (C=O) groups excluding carboxylic acids is 1. The molecule has 0 aromatic rings. The van der Waals surface area contributed by atoms with E-state index in [4.69, 9.17) is 15.2 Å². The molecule has 0 radical (unpaired) electrons. The highest BCUT2D eigenvalue weighted by Gasteiger charge is 2.38. The van der Waals surface area contributed by atoms with Crippen molar-refractivity contribution in [1.82, 2.24) is 4.90 Å². The van der Waals surface area contributed by atoms with Crippen LogP contribution >= 0.6 is 0 Å². The first kappa shape index (κ1) is 13.3. The molecule has 1 aliphatic carbocycles. The Morgan fingerprint density at radius 2 is 2.00 bits per heavy atom. The fraction of sp³-hybridized carbons (Fsp3) is 0.929. The normalized spacial score (nSPS) is 34.1. The lowest BCUT2D eigenvalue weighted by Crippen LogP contribution is -2.54. The monoisotopic (exact) mass is 268 g/mol. The summed E-state index contributed by atoms with van der Waals surface area (Å²) in [6.07, 6.45) is 5.99. The summed E-state index contributed by atoms with van der Waals surface area (Å²) in [5.74, 6) is 0.188. The fourth-order valence-electron chi connectivity index (χ4n) is 3.24. The Kier molecular flexibility index (Phi) is 3.78. The average molecular weight is 268 g/mol. The molecule has 19 heavy (non-hydrogen) atoms. The van der Waals surface area contributed by atoms with Gasteiger partial charge in [0.1, 0.15) is 6.10 Å². The van der Waals surface area contributed by atoms with Gasteiger partial charge in [-0.25, -0.2) is 0 Å². The number of hydrogen-bond acceptors (Lipinski definition) is 4. The van der Waals surface area contributed by atoms with Crippen LogP contribution in [0.5, 0.6) is 0 Å². The zero-order valence-electron chi connectivity index (χ0n) is 11.5. The first-order chi connectivity index (χ1) is 9.16. The number of rotatable bonds is 3. The first-order valence-corrected chi connectivity index (χ1v) is 7.46. The summed E-state index contributed by atoms with van der Waals surface area (Å²) < 4.78 is 11.4. The lowest BCUT2D eigenvalue weighted by molar-refractivity contribution is -0.146. The van der Waals surface area contributed by atoms with E-state index in [2.05, 4.69) is 0 Å². The van der Waals surface area contributed by atoms with E-state index in [0.29, 0.717) is 26.1 Å². The smallest absolute Gasteiger partial charge is 0.224 e. The number of morpholine rings is 1. The molecule has 0 aromatic heterocycles. The zero-order chi connectivity index (χ0) is 13.3. The van der Waals surface area contributed by atoms with Crippen molar-refractivity contribution in [3.05, 3.63) is 0 Å². The molecule has 1 amide bonds. The minimum Gasteiger partial charge on any atom is -0.375 e. The predicted octanol–water partition coefficient (Wildman–Crippen LogP) is 0.664. The van der Waals surface area contributed by atoms with Gasteiger partial charge < -0.3 is 20.1 Å². The van der Waals surface area contributed by atoms with Gasteiger partial charge in [-0.3, -0.25) is 4.79 Å². The van der Waals surface area contributed by atoms with Gasteiger partial charge in [0, 0.05) is 31.7 Å². The van der Waals surface area contributed by atoms with Gasteiger partial charge in [-0.2, -0.15) is 0 Å². The Labute approximate surface area is 114 Å². The molecule has 2 aliphatic heterocycles. The van der Waals surface area contributed by atoms with E-state index in [1.54, 1.807) is 0 Å². The molecular formula is C14H24N2O3. The third-order valence-corrected chi connectivity index (χ3v) is 4.68. The van der Waals surface area contributed by atoms with Crippen LogP contribution in [0.25, 0.3) is 0 Å². The van der Waals surface area contributed by atoms with Crippen LogP contribution in [0, 0.1) is 0 Å². The second-order valence-electron chi connectivity index (χ2n) is 6.19. The number of carbonyl (C=O) groups is 1. The number of amides is 1. The Bertz CT molecular complexity index is 338. The van der Waals surface area contributed by atoms with Crippen molar-refractivity contribution in [1.29, 1.82) is 0 Å². The second kappa shape index (κ2) is 5.38. The summed E-state index contributed by atoms with van der Waals surface area (Å²) in [5, 5.41) is 0. The highest BCUT2D eigenvalue weighted by atomic mass is 16.5. The summed E-state index contributed by atoms with van der Waals surface area (Å²) in [6, 6.07) is 0. The summed E-state index contributed by atoms with van der Waals surface area (Å²) in [4.78, 5) is 14.2. The molecule has 2 N–H and O–H groups in total. The van der Waals surface area contributed by atoms with Crippen molar-refractivity contribution in [2.45, 2.75) is 56.3 Å². The molecule has 3 rings (SSSR count). The number of ether oxygens (including phenoxy) is 2. The topological polar surface area (TPSA) is 64.8 Å². The SMILES string of the molecule is NC1(CC(=O)N2CCO[C@H]([C@@H]3CCCO3)C2)CCC1. The minimum absolute atomic E-state index is 0.0512. The maximum absolute atomic E-state index is 12.3. The molecule has 0 aromatic carbocycles. The average Bonchev–Trinajstić information content (AvgIpc) is 2.91. The van der Waals surface area contributed by atoms with Crippen LogP contribution in [0.4, 0.5) is 0 Å². The Morgan fingerprint density at radius 1 is 1.21 bits per heavy atom. The summed E-state index contributed by atoms with van der Waals surface area (Å²) in [7, 11) is 0. The molecule has 1 saturated carbocycles. The zero-order valence-corrected chi connectivity index (χ0v) is 11.5. The molecule has 0 bridgehead atoms. The molecule has 2 heterocycles. The maximum atomic E-state index is 12.3. The largest absolute Gasteiger partial charge is 0.375 e. The quantitative estimate of drug-likeness (QED) is 0.817. The molecule has 3 aliphatic rings. The molecule has 2 saturated heterocycles. The van der Waals surface area contributed by atoms with Gasteiger partial charge in [-0.15, -0.1) is 0 Å². The van der Waals surface area contributed by atoms with Crippen LogP contribution in [0.15, 0.2) is 0 Å². The van der Waals surface area contributed by atoms with Gasteiger partial charge >= 0.3 is 0 Å². The summed E-state index contributed by atoms with van der Waals surface area (Å²) >= 11 is 0. The lowest BCUT2D eigenvalue weighted by atomic mass is 9.75. The summed E-state index contributed by atoms with van der Waals surface area (Å²) in [6.45, 7) is 2.80. The van der Waals surface area contributed by atoms with Gasteiger partial charge in [0.2, 0.25) is 5.91 Å². The molecule has 2 atom stereocenters. The Morgan fingerprint density at radius 3 is 2.63 bits per heavy atom. The van der Waals surface area contributed by atoms with E-state index in [9.17, 15) is 4.79 Å². The molecule has 0 unspecified atom stereocenters. The molecule has 3 fully saturated rings. The standard InChI is InChI=1S/C14H24N2O3/c15-14(4-2-5-14)9-13(17)16-6-8-19-12(10-16)11-3-1-7-18-11/h11-12H,1-10,15H2/t11-,12-/m0/s1.